The third kappa shape index (κ3) is 3.40. The number of oxazole rings is 1. The first kappa shape index (κ1) is 17.6. The van der Waals surface area contributed by atoms with Gasteiger partial charge in [-0.05, 0) is 54.6 Å². The maximum absolute atomic E-state index is 10.2. The number of ether oxygens (including phenoxy) is 2. The van der Waals surface area contributed by atoms with Crippen LogP contribution in [0.3, 0.4) is 0 Å². The van der Waals surface area contributed by atoms with E-state index in [0.29, 0.717) is 34.0 Å². The lowest BCUT2D eigenvalue weighted by atomic mass is 10.2. The van der Waals surface area contributed by atoms with Crippen molar-refractivity contribution in [2.45, 2.75) is 0 Å². The molecule has 28 heavy (non-hydrogen) atoms. The molecule has 0 unspecified atom stereocenters. The van der Waals surface area contributed by atoms with Gasteiger partial charge in [-0.3, -0.25) is 4.99 Å². The van der Waals surface area contributed by atoms with Gasteiger partial charge < -0.3 is 19.0 Å². The van der Waals surface area contributed by atoms with Crippen LogP contribution in [0.1, 0.15) is 5.56 Å². The quantitative estimate of drug-likeness (QED) is 0.499. The molecule has 1 N–H and O–H groups in total. The van der Waals surface area contributed by atoms with Crippen LogP contribution >= 0.6 is 0 Å². The molecular weight excluding hydrogens is 356 g/mol. The number of aliphatic imine (C=N–C) groups is 1. The second-order valence-electron chi connectivity index (χ2n) is 6.06. The molecule has 0 aliphatic rings. The summed E-state index contributed by atoms with van der Waals surface area (Å²) in [7, 11) is 3.14. The fraction of sp³-hybridized carbons (Fsp3) is 0.0909. The van der Waals surface area contributed by atoms with Crippen molar-refractivity contribution in [2.75, 3.05) is 14.2 Å². The van der Waals surface area contributed by atoms with Gasteiger partial charge in [0.25, 0.3) is 0 Å². The van der Waals surface area contributed by atoms with E-state index in [1.165, 1.54) is 7.11 Å². The Bertz CT molecular complexity index is 1150. The van der Waals surface area contributed by atoms with E-state index in [0.717, 1.165) is 11.3 Å². The second kappa shape index (κ2) is 7.44. The van der Waals surface area contributed by atoms with Crippen molar-refractivity contribution < 1.29 is 19.0 Å². The Balaban J connectivity index is 1.63. The third-order valence-electron chi connectivity index (χ3n) is 4.31. The second-order valence-corrected chi connectivity index (χ2v) is 6.06. The smallest absolute Gasteiger partial charge is 0.227 e. The van der Waals surface area contributed by atoms with E-state index in [1.807, 2.05) is 42.5 Å². The summed E-state index contributed by atoms with van der Waals surface area (Å²) in [6.45, 7) is 0. The van der Waals surface area contributed by atoms with Gasteiger partial charge in [-0.2, -0.15) is 0 Å². The first-order valence-electron chi connectivity index (χ1n) is 8.63. The highest BCUT2D eigenvalue weighted by atomic mass is 16.5. The lowest BCUT2D eigenvalue weighted by Crippen LogP contribution is -1.88. The van der Waals surface area contributed by atoms with Crippen LogP contribution in [0.5, 0.6) is 17.2 Å². The van der Waals surface area contributed by atoms with E-state index in [2.05, 4.69) is 9.98 Å². The Labute approximate surface area is 161 Å². The van der Waals surface area contributed by atoms with Crippen molar-refractivity contribution in [2.24, 2.45) is 4.99 Å². The number of phenols is 1. The zero-order chi connectivity index (χ0) is 19.5. The molecule has 0 atom stereocenters. The highest BCUT2D eigenvalue weighted by Crippen LogP contribution is 2.30. The van der Waals surface area contributed by atoms with Gasteiger partial charge in [0.1, 0.15) is 11.3 Å². The first-order chi connectivity index (χ1) is 13.7. The maximum atomic E-state index is 10.2. The molecule has 0 aliphatic heterocycles. The Hall–Kier alpha value is -3.80. The SMILES string of the molecule is COc1ccc(-c2nc3cc(N=Cc4cccc(OC)c4O)ccc3o2)cc1. The number of aromatic nitrogens is 1. The number of hydrogen-bond donors (Lipinski definition) is 1. The lowest BCUT2D eigenvalue weighted by molar-refractivity contribution is 0.373. The number of hydrogen-bond acceptors (Lipinski definition) is 6. The molecule has 140 valence electrons. The largest absolute Gasteiger partial charge is 0.504 e. The number of aromatic hydroxyl groups is 1. The average Bonchev–Trinajstić information content (AvgIpc) is 3.16. The summed E-state index contributed by atoms with van der Waals surface area (Å²) in [6.07, 6.45) is 1.59. The molecule has 0 saturated carbocycles. The Kier molecular flexibility index (Phi) is 4.68. The van der Waals surface area contributed by atoms with Crippen LogP contribution in [-0.2, 0) is 0 Å². The Morgan fingerprint density at radius 2 is 1.82 bits per heavy atom. The molecule has 0 bridgehead atoms. The number of phenolic OH excluding ortho intramolecular Hbond substituents is 1. The molecule has 0 aliphatic carbocycles. The van der Waals surface area contributed by atoms with Crippen molar-refractivity contribution >= 4 is 23.0 Å². The predicted octanol–water partition coefficient (Wildman–Crippen LogP) is 4.97. The van der Waals surface area contributed by atoms with Crippen molar-refractivity contribution in [1.82, 2.24) is 4.98 Å². The van der Waals surface area contributed by atoms with Gasteiger partial charge in [0, 0.05) is 17.3 Å². The fourth-order valence-corrected chi connectivity index (χ4v) is 2.81. The normalized spacial score (nSPS) is 11.2. The van der Waals surface area contributed by atoms with E-state index >= 15 is 0 Å². The van der Waals surface area contributed by atoms with Crippen molar-refractivity contribution in [3.63, 3.8) is 0 Å². The molecule has 4 aromatic rings. The van der Waals surface area contributed by atoms with Gasteiger partial charge in [0.15, 0.2) is 17.1 Å². The first-order valence-corrected chi connectivity index (χ1v) is 8.63. The zero-order valence-electron chi connectivity index (χ0n) is 15.4. The van der Waals surface area contributed by atoms with Crippen LogP contribution in [0, 0.1) is 0 Å². The molecule has 4 rings (SSSR count). The summed E-state index contributed by atoms with van der Waals surface area (Å²) in [5, 5.41) is 10.2. The lowest BCUT2D eigenvalue weighted by Gasteiger charge is -2.04. The molecule has 3 aromatic carbocycles. The molecule has 0 spiro atoms. The molecule has 0 saturated heterocycles. The third-order valence-corrected chi connectivity index (χ3v) is 4.31. The number of fused-ring (bicyclic) bond motifs is 1. The van der Waals surface area contributed by atoms with E-state index in [4.69, 9.17) is 13.9 Å². The molecule has 1 aromatic heterocycles. The molecule has 0 radical (unpaired) electrons. The monoisotopic (exact) mass is 374 g/mol. The van der Waals surface area contributed by atoms with Gasteiger partial charge in [-0.1, -0.05) is 6.07 Å². The minimum absolute atomic E-state index is 0.0538. The van der Waals surface area contributed by atoms with E-state index in [1.54, 1.807) is 31.5 Å². The van der Waals surface area contributed by atoms with Crippen LogP contribution in [-0.4, -0.2) is 30.5 Å². The molecule has 1 heterocycles. The van der Waals surface area contributed by atoms with Crippen molar-refractivity contribution in [3.8, 4) is 28.7 Å². The standard InChI is InChI=1S/C22H18N2O4/c1-26-17-9-6-14(7-10-17)22-24-18-12-16(8-11-19(18)28-22)23-13-15-4-3-5-20(27-2)21(15)25/h3-13,25H,1-2H3. The molecule has 0 fully saturated rings. The highest BCUT2D eigenvalue weighted by molar-refractivity contribution is 5.88. The zero-order valence-corrected chi connectivity index (χ0v) is 15.4. The number of nitrogens with zero attached hydrogens (tertiary/aromatic N) is 2. The predicted molar refractivity (Wildman–Crippen MR) is 108 cm³/mol. The van der Waals surface area contributed by atoms with Gasteiger partial charge >= 0.3 is 0 Å². The number of para-hydroxylation sites is 1. The van der Waals surface area contributed by atoms with Crippen molar-refractivity contribution in [1.29, 1.82) is 0 Å². The van der Waals surface area contributed by atoms with Crippen LogP contribution in [0.15, 0.2) is 70.1 Å². The summed E-state index contributed by atoms with van der Waals surface area (Å²) < 4.78 is 16.1. The van der Waals surface area contributed by atoms with Crippen molar-refractivity contribution in [3.05, 3.63) is 66.2 Å². The fourth-order valence-electron chi connectivity index (χ4n) is 2.81. The number of methoxy groups -OCH3 is 2. The summed E-state index contributed by atoms with van der Waals surface area (Å²) >= 11 is 0. The summed E-state index contributed by atoms with van der Waals surface area (Å²) in [4.78, 5) is 8.98. The minimum Gasteiger partial charge on any atom is -0.504 e. The van der Waals surface area contributed by atoms with Crippen LogP contribution in [0.4, 0.5) is 5.69 Å². The molecule has 6 heteroatoms. The van der Waals surface area contributed by atoms with Crippen LogP contribution in [0.25, 0.3) is 22.6 Å². The topological polar surface area (TPSA) is 77.1 Å². The van der Waals surface area contributed by atoms with Gasteiger partial charge in [-0.15, -0.1) is 0 Å². The maximum Gasteiger partial charge on any atom is 0.227 e. The summed E-state index contributed by atoms with van der Waals surface area (Å²) in [5.41, 5.74) is 3.51. The number of rotatable bonds is 5. The molecule has 6 nitrogen and oxygen atoms in total. The van der Waals surface area contributed by atoms with Gasteiger partial charge in [0.05, 0.1) is 19.9 Å². The Morgan fingerprint density at radius 1 is 1.00 bits per heavy atom. The Morgan fingerprint density at radius 3 is 2.57 bits per heavy atom. The van der Waals surface area contributed by atoms with Crippen LogP contribution < -0.4 is 9.47 Å². The molecular formula is C22H18N2O4. The van der Waals surface area contributed by atoms with Gasteiger partial charge in [0.2, 0.25) is 5.89 Å². The van der Waals surface area contributed by atoms with Crippen LogP contribution in [0.2, 0.25) is 0 Å². The van der Waals surface area contributed by atoms with Gasteiger partial charge in [-0.25, -0.2) is 4.98 Å². The average molecular weight is 374 g/mol. The summed E-state index contributed by atoms with van der Waals surface area (Å²) in [5.74, 6) is 1.76. The molecule has 0 amide bonds. The van der Waals surface area contributed by atoms with E-state index in [9.17, 15) is 5.11 Å². The van der Waals surface area contributed by atoms with E-state index in [-0.39, 0.29) is 5.75 Å². The van der Waals surface area contributed by atoms with E-state index < -0.39 is 0 Å². The highest BCUT2D eigenvalue weighted by Gasteiger charge is 2.09. The minimum atomic E-state index is 0.0538. The number of benzene rings is 3. The summed E-state index contributed by atoms with van der Waals surface area (Å²) in [6, 6.07) is 18.3.